The minimum Gasteiger partial charge on any atom is -0.481 e. The van der Waals surface area contributed by atoms with Gasteiger partial charge in [0.05, 0.1) is 13.0 Å². The lowest BCUT2D eigenvalue weighted by Gasteiger charge is -1.98. The van der Waals surface area contributed by atoms with Gasteiger partial charge in [-0.05, 0) is 11.1 Å². The van der Waals surface area contributed by atoms with Crippen LogP contribution >= 0.6 is 0 Å². The molecular weight excluding hydrogens is 156 g/mol. The maximum absolute atomic E-state index is 10.3. The zero-order valence-electron chi connectivity index (χ0n) is 6.53. The maximum atomic E-state index is 10.3. The van der Waals surface area contributed by atoms with Crippen LogP contribution in [0.2, 0.25) is 0 Å². The molecule has 0 amide bonds. The van der Waals surface area contributed by atoms with Crippen LogP contribution in [0, 0.1) is 0 Å². The Balaban J connectivity index is 2.71. The lowest BCUT2D eigenvalue weighted by molar-refractivity contribution is -0.136. The molecule has 0 saturated heterocycles. The van der Waals surface area contributed by atoms with E-state index in [1.807, 2.05) is 0 Å². The largest absolute Gasteiger partial charge is 0.481 e. The van der Waals surface area contributed by atoms with Crippen molar-refractivity contribution in [3.63, 3.8) is 0 Å². The van der Waals surface area contributed by atoms with Crippen molar-refractivity contribution < 1.29 is 15.0 Å². The molecule has 64 valence electrons. The third-order valence-corrected chi connectivity index (χ3v) is 1.56. The van der Waals surface area contributed by atoms with Crippen molar-refractivity contribution in [1.29, 1.82) is 0 Å². The number of aliphatic hydroxyl groups excluding tert-OH is 1. The molecule has 0 aliphatic heterocycles. The van der Waals surface area contributed by atoms with Crippen LogP contribution in [0.25, 0.3) is 0 Å². The number of rotatable bonds is 3. The molecule has 1 aromatic carbocycles. The molecule has 0 spiro atoms. The van der Waals surface area contributed by atoms with Crippen LogP contribution in [0.3, 0.4) is 0 Å². The predicted octanol–water partition coefficient (Wildman–Crippen LogP) is 0.806. The molecule has 3 nitrogen and oxygen atoms in total. The van der Waals surface area contributed by atoms with E-state index in [2.05, 4.69) is 0 Å². The van der Waals surface area contributed by atoms with Gasteiger partial charge in [0.15, 0.2) is 0 Å². The number of benzene rings is 1. The summed E-state index contributed by atoms with van der Waals surface area (Å²) in [4.78, 5) is 10.3. The smallest absolute Gasteiger partial charge is 0.307 e. The van der Waals surface area contributed by atoms with Crippen LogP contribution in [-0.2, 0) is 17.8 Å². The normalized spacial score (nSPS) is 9.75. The van der Waals surface area contributed by atoms with Gasteiger partial charge < -0.3 is 10.2 Å². The average molecular weight is 166 g/mol. The summed E-state index contributed by atoms with van der Waals surface area (Å²) in [6, 6.07) is 6.86. The topological polar surface area (TPSA) is 57.5 Å². The summed E-state index contributed by atoms with van der Waals surface area (Å²) in [6.45, 7) is -0.00660. The molecular formula is C9H10O3. The van der Waals surface area contributed by atoms with E-state index in [1.165, 1.54) is 0 Å². The van der Waals surface area contributed by atoms with Gasteiger partial charge in [-0.15, -0.1) is 0 Å². The quantitative estimate of drug-likeness (QED) is 0.698. The summed E-state index contributed by atoms with van der Waals surface area (Å²) in [5.74, 6) is -0.841. The van der Waals surface area contributed by atoms with Gasteiger partial charge in [-0.25, -0.2) is 0 Å². The standard InChI is InChI=1S/C9H10O3/c10-6-8-3-1-7(2-4-8)5-9(11)12/h1-4,10H,5-6H2,(H,11,12). The van der Waals surface area contributed by atoms with Gasteiger partial charge in [0.2, 0.25) is 0 Å². The highest BCUT2D eigenvalue weighted by atomic mass is 16.4. The van der Waals surface area contributed by atoms with Gasteiger partial charge in [-0.2, -0.15) is 0 Å². The van der Waals surface area contributed by atoms with Crippen molar-refractivity contribution in [2.75, 3.05) is 0 Å². The molecule has 0 aliphatic rings. The average Bonchev–Trinajstić information content (AvgIpc) is 2.05. The van der Waals surface area contributed by atoms with Crippen LogP contribution in [0.4, 0.5) is 0 Å². The van der Waals surface area contributed by atoms with Gasteiger partial charge in [0.1, 0.15) is 0 Å². The Labute approximate surface area is 70.3 Å². The van der Waals surface area contributed by atoms with Gasteiger partial charge >= 0.3 is 5.97 Å². The van der Waals surface area contributed by atoms with Crippen LogP contribution in [0.5, 0.6) is 0 Å². The van der Waals surface area contributed by atoms with Crippen molar-refractivity contribution in [1.82, 2.24) is 0 Å². The number of hydrogen-bond donors (Lipinski definition) is 2. The molecule has 0 atom stereocenters. The summed E-state index contributed by atoms with van der Waals surface area (Å²) in [7, 11) is 0. The third kappa shape index (κ3) is 2.36. The zero-order valence-corrected chi connectivity index (χ0v) is 6.53. The Bertz CT molecular complexity index is 264. The molecule has 0 unspecified atom stereocenters. The summed E-state index contributed by atoms with van der Waals surface area (Å²) < 4.78 is 0. The van der Waals surface area contributed by atoms with Crippen LogP contribution in [0.1, 0.15) is 11.1 Å². The lowest BCUT2D eigenvalue weighted by Crippen LogP contribution is -1.99. The van der Waals surface area contributed by atoms with Gasteiger partial charge in [0.25, 0.3) is 0 Å². The third-order valence-electron chi connectivity index (χ3n) is 1.56. The molecule has 1 aromatic rings. The number of hydrogen-bond acceptors (Lipinski definition) is 2. The summed E-state index contributed by atoms with van der Waals surface area (Å²) in [6.07, 6.45) is 0.0334. The van der Waals surface area contributed by atoms with Crippen LogP contribution < -0.4 is 0 Å². The second-order valence-electron chi connectivity index (χ2n) is 2.55. The molecule has 3 heteroatoms. The van der Waals surface area contributed by atoms with Crippen molar-refractivity contribution >= 4 is 5.97 Å². The van der Waals surface area contributed by atoms with Crippen molar-refractivity contribution in [2.24, 2.45) is 0 Å². The maximum Gasteiger partial charge on any atom is 0.307 e. The molecule has 0 radical (unpaired) electrons. The fourth-order valence-electron chi connectivity index (χ4n) is 0.937. The van der Waals surface area contributed by atoms with E-state index >= 15 is 0 Å². The highest BCUT2D eigenvalue weighted by Crippen LogP contribution is 2.04. The van der Waals surface area contributed by atoms with E-state index in [4.69, 9.17) is 10.2 Å². The molecule has 0 aromatic heterocycles. The number of aliphatic hydroxyl groups is 1. The van der Waals surface area contributed by atoms with Crippen molar-refractivity contribution in [3.8, 4) is 0 Å². The number of carboxylic acid groups (broad SMARTS) is 1. The lowest BCUT2D eigenvalue weighted by atomic mass is 10.1. The van der Waals surface area contributed by atoms with E-state index in [1.54, 1.807) is 24.3 Å². The molecule has 0 heterocycles. The van der Waals surface area contributed by atoms with Gasteiger partial charge in [-0.1, -0.05) is 24.3 Å². The van der Waals surface area contributed by atoms with E-state index in [9.17, 15) is 4.79 Å². The van der Waals surface area contributed by atoms with E-state index < -0.39 is 5.97 Å². The molecule has 0 aliphatic carbocycles. The fourth-order valence-corrected chi connectivity index (χ4v) is 0.937. The van der Waals surface area contributed by atoms with Crippen LogP contribution in [-0.4, -0.2) is 16.2 Å². The highest BCUT2D eigenvalue weighted by molar-refractivity contribution is 5.70. The second kappa shape index (κ2) is 3.88. The first kappa shape index (κ1) is 8.74. The van der Waals surface area contributed by atoms with E-state index in [-0.39, 0.29) is 13.0 Å². The number of aliphatic carboxylic acids is 1. The summed E-state index contributed by atoms with van der Waals surface area (Å²) in [5.41, 5.74) is 1.55. The minimum atomic E-state index is -0.841. The first-order chi connectivity index (χ1) is 5.72. The molecule has 1 rings (SSSR count). The Kier molecular flexibility index (Phi) is 2.82. The fraction of sp³-hybridized carbons (Fsp3) is 0.222. The zero-order chi connectivity index (χ0) is 8.97. The Morgan fingerprint density at radius 1 is 1.17 bits per heavy atom. The first-order valence-electron chi connectivity index (χ1n) is 3.63. The molecule has 12 heavy (non-hydrogen) atoms. The van der Waals surface area contributed by atoms with Crippen molar-refractivity contribution in [3.05, 3.63) is 35.4 Å². The molecule has 0 bridgehead atoms. The minimum absolute atomic E-state index is 0.00660. The van der Waals surface area contributed by atoms with Gasteiger partial charge in [-0.3, -0.25) is 4.79 Å². The monoisotopic (exact) mass is 166 g/mol. The van der Waals surface area contributed by atoms with Gasteiger partial charge in [0, 0.05) is 0 Å². The molecule has 0 saturated carbocycles. The first-order valence-corrected chi connectivity index (χ1v) is 3.63. The molecule has 2 N–H and O–H groups in total. The van der Waals surface area contributed by atoms with Crippen molar-refractivity contribution in [2.45, 2.75) is 13.0 Å². The molecule has 0 fully saturated rings. The van der Waals surface area contributed by atoms with Crippen LogP contribution in [0.15, 0.2) is 24.3 Å². The van der Waals surface area contributed by atoms with E-state index in [0.717, 1.165) is 11.1 Å². The Morgan fingerprint density at radius 2 is 1.67 bits per heavy atom. The summed E-state index contributed by atoms with van der Waals surface area (Å²) >= 11 is 0. The van der Waals surface area contributed by atoms with E-state index in [0.29, 0.717) is 0 Å². The predicted molar refractivity (Wildman–Crippen MR) is 43.7 cm³/mol. The Morgan fingerprint density at radius 3 is 2.08 bits per heavy atom. The number of carbonyl (C=O) groups is 1. The SMILES string of the molecule is O=C(O)Cc1ccc(CO)cc1. The number of carboxylic acids is 1. The summed E-state index contributed by atoms with van der Waals surface area (Å²) in [5, 5.41) is 17.1. The Hall–Kier alpha value is -1.35. The highest BCUT2D eigenvalue weighted by Gasteiger charge is 1.99. The second-order valence-corrected chi connectivity index (χ2v) is 2.55.